The fourth-order valence-corrected chi connectivity index (χ4v) is 3.51. The highest BCUT2D eigenvalue weighted by Crippen LogP contribution is 2.22. The van der Waals surface area contributed by atoms with E-state index in [2.05, 4.69) is 12.2 Å². The Hall–Kier alpha value is -2.38. The van der Waals surface area contributed by atoms with E-state index in [1.165, 1.54) is 0 Å². The molecular weight excluding hydrogens is 470 g/mol. The van der Waals surface area contributed by atoms with Crippen LogP contribution < -0.4 is 5.32 Å². The van der Waals surface area contributed by atoms with Gasteiger partial charge in [-0.25, -0.2) is 0 Å². The summed E-state index contributed by atoms with van der Waals surface area (Å²) in [5, 5.41) is 2.85. The van der Waals surface area contributed by atoms with E-state index >= 15 is 0 Å². The minimum Gasteiger partial charge on any atom is -0.379 e. The standard InChI is InChI=1S/C20H31NO4.C10H18O2/c1-4-7-12-24-13-14-25-15-20(23)21-18-11-8-10-17(16(18)6-3)19(22)9-5-2;1-4-5-10(12)7-6-8(2)9(3)11/h8,10-11H,4-7,9,12-15H2,1-3H3,(H,21,23);8H,4-7H2,1-3H3. The van der Waals surface area contributed by atoms with Crippen LogP contribution in [0.2, 0.25) is 0 Å². The highest BCUT2D eigenvalue weighted by atomic mass is 16.5. The van der Waals surface area contributed by atoms with Gasteiger partial charge in [-0.05, 0) is 50.7 Å². The first kappa shape index (κ1) is 34.6. The number of hydrogen-bond acceptors (Lipinski definition) is 6. The lowest BCUT2D eigenvalue weighted by Crippen LogP contribution is -2.21. The van der Waals surface area contributed by atoms with Crippen LogP contribution in [0, 0.1) is 5.92 Å². The molecule has 1 rings (SSSR count). The Labute approximate surface area is 224 Å². The molecule has 0 fully saturated rings. The van der Waals surface area contributed by atoms with Crippen LogP contribution in [-0.4, -0.2) is 49.7 Å². The van der Waals surface area contributed by atoms with Crippen molar-refractivity contribution >= 4 is 28.9 Å². The molecule has 1 unspecified atom stereocenters. The molecule has 0 aromatic heterocycles. The number of ketones is 3. The smallest absolute Gasteiger partial charge is 0.250 e. The minimum absolute atomic E-state index is 0.0204. The van der Waals surface area contributed by atoms with Gasteiger partial charge in [-0.1, -0.05) is 53.2 Å². The molecule has 7 nitrogen and oxygen atoms in total. The Bertz CT molecular complexity index is 820. The monoisotopic (exact) mass is 519 g/mol. The van der Waals surface area contributed by atoms with Crippen LogP contribution in [0.1, 0.15) is 109 Å². The van der Waals surface area contributed by atoms with E-state index in [-0.39, 0.29) is 35.8 Å². The molecule has 1 N–H and O–H groups in total. The number of anilines is 1. The number of Topliss-reactive ketones (excluding diaryl/α,β-unsaturated/α-hetero) is 3. The molecule has 37 heavy (non-hydrogen) atoms. The first-order valence-corrected chi connectivity index (χ1v) is 13.8. The summed E-state index contributed by atoms with van der Waals surface area (Å²) in [7, 11) is 0. The average Bonchev–Trinajstić information content (AvgIpc) is 2.87. The van der Waals surface area contributed by atoms with Crippen LogP contribution in [0.4, 0.5) is 5.69 Å². The van der Waals surface area contributed by atoms with Gasteiger partial charge in [0.1, 0.15) is 18.2 Å². The Balaban J connectivity index is 0.000000908. The Morgan fingerprint density at radius 3 is 2.14 bits per heavy atom. The summed E-state index contributed by atoms with van der Waals surface area (Å²) in [5.41, 5.74) is 2.28. The zero-order valence-corrected chi connectivity index (χ0v) is 24.0. The summed E-state index contributed by atoms with van der Waals surface area (Å²) in [6, 6.07) is 5.46. The number of benzene rings is 1. The van der Waals surface area contributed by atoms with E-state index in [1.807, 2.05) is 39.8 Å². The van der Waals surface area contributed by atoms with Crippen molar-refractivity contribution in [2.75, 3.05) is 31.7 Å². The molecule has 0 heterocycles. The predicted octanol–water partition coefficient (Wildman–Crippen LogP) is 6.36. The third kappa shape index (κ3) is 16.2. The van der Waals surface area contributed by atoms with Crippen LogP contribution in [-0.2, 0) is 30.3 Å². The lowest BCUT2D eigenvalue weighted by Gasteiger charge is -2.14. The molecule has 0 spiro atoms. The third-order valence-corrected chi connectivity index (χ3v) is 5.91. The van der Waals surface area contributed by atoms with Crippen molar-refractivity contribution < 1.29 is 28.7 Å². The number of unbranched alkanes of at least 4 members (excludes halogenated alkanes) is 1. The number of hydrogen-bond donors (Lipinski definition) is 1. The Morgan fingerprint density at radius 1 is 0.865 bits per heavy atom. The molecule has 0 aliphatic rings. The number of amides is 1. The normalized spacial score (nSPS) is 11.3. The van der Waals surface area contributed by atoms with Crippen LogP contribution in [0.3, 0.4) is 0 Å². The molecular formula is C30H49NO6. The molecule has 210 valence electrons. The van der Waals surface area contributed by atoms with E-state index in [4.69, 9.17) is 9.47 Å². The number of rotatable bonds is 19. The summed E-state index contributed by atoms with van der Waals surface area (Å²) in [6.45, 7) is 13.1. The second-order valence-corrected chi connectivity index (χ2v) is 9.26. The largest absolute Gasteiger partial charge is 0.379 e. The lowest BCUT2D eigenvalue weighted by molar-refractivity contribution is -0.122. The molecule has 0 saturated heterocycles. The van der Waals surface area contributed by atoms with Crippen LogP contribution in [0.25, 0.3) is 0 Å². The van der Waals surface area contributed by atoms with E-state index in [9.17, 15) is 19.2 Å². The molecule has 0 bridgehead atoms. The maximum Gasteiger partial charge on any atom is 0.250 e. The van der Waals surface area contributed by atoms with Crippen molar-refractivity contribution in [2.45, 2.75) is 99.3 Å². The summed E-state index contributed by atoms with van der Waals surface area (Å²) < 4.78 is 10.7. The second kappa shape index (κ2) is 21.7. The quantitative estimate of drug-likeness (QED) is 0.169. The van der Waals surface area contributed by atoms with Gasteiger partial charge in [-0.3, -0.25) is 19.2 Å². The molecule has 1 aromatic carbocycles. The van der Waals surface area contributed by atoms with Gasteiger partial charge in [0.05, 0.1) is 13.2 Å². The highest BCUT2D eigenvalue weighted by Gasteiger charge is 2.14. The fourth-order valence-electron chi connectivity index (χ4n) is 3.51. The van der Waals surface area contributed by atoms with Gasteiger partial charge in [-0.2, -0.15) is 0 Å². The fraction of sp³-hybridized carbons (Fsp3) is 0.667. The molecule has 7 heteroatoms. The lowest BCUT2D eigenvalue weighted by atomic mass is 9.97. The van der Waals surface area contributed by atoms with Gasteiger partial charge in [-0.15, -0.1) is 0 Å². The molecule has 0 aliphatic carbocycles. The van der Waals surface area contributed by atoms with Crippen LogP contribution in [0.15, 0.2) is 18.2 Å². The van der Waals surface area contributed by atoms with Crippen molar-refractivity contribution in [3.05, 3.63) is 29.3 Å². The van der Waals surface area contributed by atoms with Gasteiger partial charge in [0.15, 0.2) is 5.78 Å². The molecule has 0 radical (unpaired) electrons. The molecule has 1 amide bonds. The van der Waals surface area contributed by atoms with Gasteiger partial charge in [0, 0.05) is 43.0 Å². The van der Waals surface area contributed by atoms with Gasteiger partial charge < -0.3 is 14.8 Å². The first-order chi connectivity index (χ1) is 17.7. The van der Waals surface area contributed by atoms with E-state index in [0.29, 0.717) is 56.6 Å². The van der Waals surface area contributed by atoms with E-state index in [0.717, 1.165) is 37.9 Å². The SMILES string of the molecule is CCCC(=O)CCC(C)C(C)=O.CCCCOCCOCC(=O)Nc1cccc(C(=O)CCC)c1CC. The maximum atomic E-state index is 12.2. The van der Waals surface area contributed by atoms with Crippen molar-refractivity contribution in [3.63, 3.8) is 0 Å². The number of carbonyl (C=O) groups excluding carboxylic acids is 4. The van der Waals surface area contributed by atoms with Crippen molar-refractivity contribution in [1.29, 1.82) is 0 Å². The minimum atomic E-state index is -0.219. The molecule has 0 saturated carbocycles. The first-order valence-electron chi connectivity index (χ1n) is 13.8. The number of carbonyl (C=O) groups is 4. The van der Waals surface area contributed by atoms with Crippen molar-refractivity contribution in [2.24, 2.45) is 5.92 Å². The average molecular weight is 520 g/mol. The highest BCUT2D eigenvalue weighted by molar-refractivity contribution is 6.00. The van der Waals surface area contributed by atoms with E-state index in [1.54, 1.807) is 13.0 Å². The topological polar surface area (TPSA) is 98.8 Å². The predicted molar refractivity (Wildman–Crippen MR) is 149 cm³/mol. The number of nitrogens with one attached hydrogen (secondary N) is 1. The van der Waals surface area contributed by atoms with Gasteiger partial charge in [0.2, 0.25) is 5.91 Å². The van der Waals surface area contributed by atoms with Crippen LogP contribution >= 0.6 is 0 Å². The third-order valence-electron chi connectivity index (χ3n) is 5.91. The Kier molecular flexibility index (Phi) is 20.3. The van der Waals surface area contributed by atoms with Crippen LogP contribution in [0.5, 0.6) is 0 Å². The maximum absolute atomic E-state index is 12.2. The molecule has 0 aliphatic heterocycles. The summed E-state index contributed by atoms with van der Waals surface area (Å²) in [4.78, 5) is 46.2. The zero-order chi connectivity index (χ0) is 28.1. The summed E-state index contributed by atoms with van der Waals surface area (Å²) >= 11 is 0. The molecule has 1 aromatic rings. The van der Waals surface area contributed by atoms with Crippen molar-refractivity contribution in [1.82, 2.24) is 0 Å². The van der Waals surface area contributed by atoms with E-state index < -0.39 is 0 Å². The summed E-state index contributed by atoms with van der Waals surface area (Å²) in [6.07, 6.45) is 7.00. The zero-order valence-electron chi connectivity index (χ0n) is 24.0. The van der Waals surface area contributed by atoms with Crippen molar-refractivity contribution in [3.8, 4) is 0 Å². The Morgan fingerprint density at radius 2 is 1.54 bits per heavy atom. The van der Waals surface area contributed by atoms with Gasteiger partial charge >= 0.3 is 0 Å². The number of ether oxygens (including phenoxy) is 2. The molecule has 1 atom stereocenters. The van der Waals surface area contributed by atoms with Gasteiger partial charge in [0.25, 0.3) is 0 Å². The summed E-state index contributed by atoms with van der Waals surface area (Å²) in [5.74, 6) is 0.412. The second-order valence-electron chi connectivity index (χ2n) is 9.26.